The Labute approximate surface area is 159 Å². The highest BCUT2D eigenvalue weighted by Crippen LogP contribution is 2.34. The van der Waals surface area contributed by atoms with Crippen LogP contribution in [-0.4, -0.2) is 33.3 Å². The van der Waals surface area contributed by atoms with Crippen molar-refractivity contribution in [3.63, 3.8) is 0 Å². The van der Waals surface area contributed by atoms with Crippen molar-refractivity contribution >= 4 is 17.5 Å². The molecule has 27 heavy (non-hydrogen) atoms. The number of amides is 2. The number of rotatable bonds is 2. The number of fused-ring (bicyclic) bond motifs is 1. The molecule has 6 heteroatoms. The van der Waals surface area contributed by atoms with E-state index in [1.165, 1.54) is 6.07 Å². The fraction of sp³-hybridized carbons (Fsp3) is 0.381. The van der Waals surface area contributed by atoms with Crippen molar-refractivity contribution < 1.29 is 14.7 Å². The largest absolute Gasteiger partial charge is 0.493 e. The van der Waals surface area contributed by atoms with Gasteiger partial charge in [-0.05, 0) is 30.5 Å². The number of nitrogens with zero attached hydrogens (tertiary/aromatic N) is 2. The molecule has 0 radical (unpaired) electrons. The Bertz CT molecular complexity index is 886. The first kappa shape index (κ1) is 18.9. The molecule has 0 saturated heterocycles. The van der Waals surface area contributed by atoms with E-state index < -0.39 is 11.5 Å². The summed E-state index contributed by atoms with van der Waals surface area (Å²) in [4.78, 5) is 31.9. The van der Waals surface area contributed by atoms with Gasteiger partial charge >= 0.3 is 0 Å². The van der Waals surface area contributed by atoms with E-state index in [1.54, 1.807) is 17.9 Å². The summed E-state index contributed by atoms with van der Waals surface area (Å²) in [5, 5.41) is 12.4. The van der Waals surface area contributed by atoms with E-state index >= 15 is 0 Å². The number of anilines is 1. The molecular weight excluding hydrogens is 342 g/mol. The molecule has 0 fully saturated rings. The predicted octanol–water partition coefficient (Wildman–Crippen LogP) is 3.21. The van der Waals surface area contributed by atoms with Crippen molar-refractivity contribution in [3.05, 3.63) is 53.2 Å². The summed E-state index contributed by atoms with van der Waals surface area (Å²) in [7, 11) is 0. The third kappa shape index (κ3) is 3.79. The second-order valence-corrected chi connectivity index (χ2v) is 7.89. The Morgan fingerprint density at radius 2 is 1.89 bits per heavy atom. The Balaban J connectivity index is 1.98. The van der Waals surface area contributed by atoms with E-state index in [4.69, 9.17) is 0 Å². The molecule has 2 aromatic rings. The summed E-state index contributed by atoms with van der Waals surface area (Å²) < 4.78 is 0. The average Bonchev–Trinajstić information content (AvgIpc) is 2.61. The summed E-state index contributed by atoms with van der Waals surface area (Å²) in [6, 6.07) is 10.1. The van der Waals surface area contributed by atoms with Crippen LogP contribution in [0.5, 0.6) is 5.88 Å². The number of aryl methyl sites for hydroxylation is 1. The number of benzene rings is 1. The second-order valence-electron chi connectivity index (χ2n) is 7.89. The zero-order valence-corrected chi connectivity index (χ0v) is 16.1. The van der Waals surface area contributed by atoms with Crippen molar-refractivity contribution in [1.82, 2.24) is 9.88 Å². The summed E-state index contributed by atoms with van der Waals surface area (Å²) in [5.41, 5.74) is 2.38. The van der Waals surface area contributed by atoms with E-state index in [1.807, 2.05) is 45.0 Å². The first-order valence-electron chi connectivity index (χ1n) is 9.05. The minimum absolute atomic E-state index is 0.0577. The maximum absolute atomic E-state index is 13.2. The molecule has 1 unspecified atom stereocenters. The van der Waals surface area contributed by atoms with Crippen LogP contribution >= 0.6 is 0 Å². The van der Waals surface area contributed by atoms with Crippen molar-refractivity contribution in [2.24, 2.45) is 5.41 Å². The standard InChI is InChI=1S/C21H25N3O3/c1-13-16(9-10-17(25)22-13)23-19(26)18-15-8-6-5-7-14(15)11-12-24(18)20(27)21(2,3)4/h5-10,18H,11-12H2,1-4H3,(H,22,25)(H,23,26). The summed E-state index contributed by atoms with van der Waals surface area (Å²) in [6.07, 6.45) is 0.724. The van der Waals surface area contributed by atoms with Gasteiger partial charge in [0.25, 0.3) is 5.91 Å². The number of carbonyl (C=O) groups is 2. The van der Waals surface area contributed by atoms with Gasteiger partial charge in [0, 0.05) is 18.0 Å². The molecule has 1 aliphatic rings. The van der Waals surface area contributed by atoms with Crippen LogP contribution in [0.2, 0.25) is 0 Å². The number of hydrogen-bond donors (Lipinski definition) is 2. The molecule has 6 nitrogen and oxygen atoms in total. The maximum atomic E-state index is 13.2. The molecule has 2 N–H and O–H groups in total. The zero-order valence-electron chi connectivity index (χ0n) is 16.1. The van der Waals surface area contributed by atoms with E-state index in [-0.39, 0.29) is 17.7 Å². The fourth-order valence-corrected chi connectivity index (χ4v) is 3.38. The van der Waals surface area contributed by atoms with Crippen molar-refractivity contribution in [2.75, 3.05) is 11.9 Å². The van der Waals surface area contributed by atoms with Gasteiger partial charge in [0.15, 0.2) is 0 Å². The molecule has 1 atom stereocenters. The van der Waals surface area contributed by atoms with Crippen molar-refractivity contribution in [2.45, 2.75) is 40.2 Å². The fourth-order valence-electron chi connectivity index (χ4n) is 3.38. The van der Waals surface area contributed by atoms with Crippen LogP contribution in [0, 0.1) is 12.3 Å². The highest BCUT2D eigenvalue weighted by Gasteiger charge is 2.39. The van der Waals surface area contributed by atoms with Crippen molar-refractivity contribution in [3.8, 4) is 5.88 Å². The smallest absolute Gasteiger partial charge is 0.251 e. The molecular formula is C21H25N3O3. The monoisotopic (exact) mass is 367 g/mol. The lowest BCUT2D eigenvalue weighted by atomic mass is 9.87. The third-order valence-corrected chi connectivity index (χ3v) is 4.76. The van der Waals surface area contributed by atoms with Crippen LogP contribution in [0.4, 0.5) is 5.69 Å². The average molecular weight is 367 g/mol. The molecule has 2 amide bonds. The SMILES string of the molecule is Cc1nc(O)ccc1NC(=O)C1c2ccccc2CCN1C(=O)C(C)(C)C. The molecule has 1 aliphatic heterocycles. The van der Waals surface area contributed by atoms with Gasteiger partial charge in [0.1, 0.15) is 6.04 Å². The Morgan fingerprint density at radius 3 is 2.56 bits per heavy atom. The number of nitrogens with one attached hydrogen (secondary N) is 1. The van der Waals surface area contributed by atoms with E-state index in [9.17, 15) is 14.7 Å². The van der Waals surface area contributed by atoms with Crippen LogP contribution in [0.15, 0.2) is 36.4 Å². The predicted molar refractivity (Wildman–Crippen MR) is 103 cm³/mol. The zero-order chi connectivity index (χ0) is 19.8. The topological polar surface area (TPSA) is 82.5 Å². The first-order chi connectivity index (χ1) is 12.7. The third-order valence-electron chi connectivity index (χ3n) is 4.76. The molecule has 1 aromatic carbocycles. The summed E-state index contributed by atoms with van der Waals surface area (Å²) >= 11 is 0. The minimum atomic E-state index is -0.699. The minimum Gasteiger partial charge on any atom is -0.493 e. The van der Waals surface area contributed by atoms with Gasteiger partial charge in [-0.2, -0.15) is 0 Å². The molecule has 0 spiro atoms. The number of aromatic nitrogens is 1. The maximum Gasteiger partial charge on any atom is 0.251 e. The Morgan fingerprint density at radius 1 is 1.19 bits per heavy atom. The van der Waals surface area contributed by atoms with Crippen LogP contribution < -0.4 is 5.32 Å². The summed E-state index contributed by atoms with van der Waals surface area (Å²) in [5.74, 6) is -0.439. The van der Waals surface area contributed by atoms with Crippen LogP contribution in [0.1, 0.15) is 43.6 Å². The number of carbonyl (C=O) groups excluding carboxylic acids is 2. The van der Waals surface area contributed by atoms with Gasteiger partial charge < -0.3 is 15.3 Å². The number of aromatic hydroxyl groups is 1. The van der Waals surface area contributed by atoms with Gasteiger partial charge in [0.2, 0.25) is 11.8 Å². The quantitative estimate of drug-likeness (QED) is 0.854. The lowest BCUT2D eigenvalue weighted by Crippen LogP contribution is -2.49. The normalized spacial score (nSPS) is 16.6. The molecule has 1 aromatic heterocycles. The number of hydrogen-bond acceptors (Lipinski definition) is 4. The van der Waals surface area contributed by atoms with Crippen molar-refractivity contribution in [1.29, 1.82) is 0 Å². The van der Waals surface area contributed by atoms with Crippen LogP contribution in [0.25, 0.3) is 0 Å². The second kappa shape index (κ2) is 7.02. The molecule has 0 aliphatic carbocycles. The Hall–Kier alpha value is -2.89. The summed E-state index contributed by atoms with van der Waals surface area (Å²) in [6.45, 7) is 7.79. The highest BCUT2D eigenvalue weighted by molar-refractivity contribution is 5.99. The molecule has 142 valence electrons. The van der Waals surface area contributed by atoms with Gasteiger partial charge in [-0.1, -0.05) is 45.0 Å². The molecule has 2 heterocycles. The Kier molecular flexibility index (Phi) is 4.91. The molecule has 0 saturated carbocycles. The van der Waals surface area contributed by atoms with E-state index in [0.717, 1.165) is 17.5 Å². The lowest BCUT2D eigenvalue weighted by molar-refractivity contribution is -0.146. The highest BCUT2D eigenvalue weighted by atomic mass is 16.3. The van der Waals surface area contributed by atoms with Crippen LogP contribution in [-0.2, 0) is 16.0 Å². The molecule has 3 rings (SSSR count). The first-order valence-corrected chi connectivity index (χ1v) is 9.05. The van der Waals surface area contributed by atoms with Gasteiger partial charge in [-0.3, -0.25) is 9.59 Å². The van der Waals surface area contributed by atoms with E-state index in [2.05, 4.69) is 10.3 Å². The van der Waals surface area contributed by atoms with Gasteiger partial charge in [0.05, 0.1) is 11.4 Å². The lowest BCUT2D eigenvalue weighted by Gasteiger charge is -2.39. The van der Waals surface area contributed by atoms with Gasteiger partial charge in [-0.15, -0.1) is 0 Å². The van der Waals surface area contributed by atoms with E-state index in [0.29, 0.717) is 17.9 Å². The number of pyridine rings is 1. The van der Waals surface area contributed by atoms with Gasteiger partial charge in [-0.25, -0.2) is 4.98 Å². The van der Waals surface area contributed by atoms with Crippen LogP contribution in [0.3, 0.4) is 0 Å². The molecule has 0 bridgehead atoms.